The summed E-state index contributed by atoms with van der Waals surface area (Å²) in [6.45, 7) is 2.77. The molecule has 3 nitrogen and oxygen atoms in total. The molecule has 1 unspecified atom stereocenters. The van der Waals surface area contributed by atoms with Crippen LogP contribution in [0.25, 0.3) is 0 Å². The van der Waals surface area contributed by atoms with Crippen LogP contribution < -0.4 is 0 Å². The van der Waals surface area contributed by atoms with Gasteiger partial charge in [0, 0.05) is 13.1 Å². The van der Waals surface area contributed by atoms with Crippen LogP contribution in [-0.2, 0) is 4.79 Å². The van der Waals surface area contributed by atoms with Crippen LogP contribution in [0.15, 0.2) is 12.2 Å². The van der Waals surface area contributed by atoms with Gasteiger partial charge in [0.25, 0.3) is 5.91 Å². The van der Waals surface area contributed by atoms with E-state index in [1.807, 2.05) is 12.2 Å². The molecular weight excluding hydrogens is 130 g/mol. The molecule has 1 aliphatic rings. The molecule has 1 rings (SSSR count). The van der Waals surface area contributed by atoms with E-state index in [0.717, 1.165) is 0 Å². The first-order chi connectivity index (χ1) is 4.72. The molecule has 0 aliphatic carbocycles. The summed E-state index contributed by atoms with van der Waals surface area (Å²) in [7, 11) is 0. The van der Waals surface area contributed by atoms with Gasteiger partial charge in [-0.25, -0.2) is 0 Å². The summed E-state index contributed by atoms with van der Waals surface area (Å²) in [5.74, 6) is -0.190. The third-order valence-electron chi connectivity index (χ3n) is 1.49. The molecule has 1 amide bonds. The van der Waals surface area contributed by atoms with E-state index >= 15 is 0 Å². The number of carbonyl (C=O) groups excluding carboxylic acids is 1. The lowest BCUT2D eigenvalue weighted by molar-refractivity contribution is -0.137. The van der Waals surface area contributed by atoms with Crippen molar-refractivity contribution >= 4 is 5.91 Å². The fourth-order valence-corrected chi connectivity index (χ4v) is 0.922. The minimum Gasteiger partial charge on any atom is -0.384 e. The summed E-state index contributed by atoms with van der Waals surface area (Å²) in [5.41, 5.74) is 0. The number of aliphatic hydroxyl groups is 1. The van der Waals surface area contributed by atoms with Crippen molar-refractivity contribution in [2.45, 2.75) is 13.0 Å². The molecule has 0 radical (unpaired) electrons. The van der Waals surface area contributed by atoms with Crippen molar-refractivity contribution in [3.05, 3.63) is 12.2 Å². The standard InChI is InChI=1S/C7H11NO2/c1-6(9)7(10)8-4-2-3-5-8/h2-3,6,9H,4-5H2,1H3. The zero-order valence-electron chi connectivity index (χ0n) is 5.95. The van der Waals surface area contributed by atoms with E-state index in [-0.39, 0.29) is 5.91 Å². The summed E-state index contributed by atoms with van der Waals surface area (Å²) < 4.78 is 0. The van der Waals surface area contributed by atoms with Crippen molar-refractivity contribution in [1.82, 2.24) is 4.90 Å². The van der Waals surface area contributed by atoms with E-state index in [2.05, 4.69) is 0 Å². The molecule has 0 aromatic rings. The Balaban J connectivity index is 2.43. The van der Waals surface area contributed by atoms with Crippen LogP contribution in [0.4, 0.5) is 0 Å². The number of hydrogen-bond donors (Lipinski definition) is 1. The second kappa shape index (κ2) is 2.84. The Kier molecular flexibility index (Phi) is 2.06. The number of aliphatic hydroxyl groups excluding tert-OH is 1. The van der Waals surface area contributed by atoms with Gasteiger partial charge in [-0.2, -0.15) is 0 Å². The SMILES string of the molecule is CC(O)C(=O)N1CC=CC1. The van der Waals surface area contributed by atoms with Crippen molar-refractivity contribution in [2.24, 2.45) is 0 Å². The zero-order valence-corrected chi connectivity index (χ0v) is 5.95. The van der Waals surface area contributed by atoms with Crippen LogP contribution in [0.5, 0.6) is 0 Å². The molecule has 0 fully saturated rings. The number of carbonyl (C=O) groups is 1. The highest BCUT2D eigenvalue weighted by molar-refractivity contribution is 5.80. The van der Waals surface area contributed by atoms with Crippen LogP contribution in [0.3, 0.4) is 0 Å². The minimum atomic E-state index is -0.861. The fourth-order valence-electron chi connectivity index (χ4n) is 0.922. The minimum absolute atomic E-state index is 0.190. The van der Waals surface area contributed by atoms with E-state index in [0.29, 0.717) is 13.1 Å². The maximum Gasteiger partial charge on any atom is 0.251 e. The van der Waals surface area contributed by atoms with Crippen LogP contribution in [0, 0.1) is 0 Å². The topological polar surface area (TPSA) is 40.5 Å². The van der Waals surface area contributed by atoms with Crippen molar-refractivity contribution in [2.75, 3.05) is 13.1 Å². The molecule has 1 aliphatic heterocycles. The van der Waals surface area contributed by atoms with Gasteiger partial charge in [-0.05, 0) is 6.92 Å². The summed E-state index contributed by atoms with van der Waals surface area (Å²) in [4.78, 5) is 12.6. The van der Waals surface area contributed by atoms with Gasteiger partial charge in [0.05, 0.1) is 0 Å². The Morgan fingerprint density at radius 2 is 2.10 bits per heavy atom. The Hall–Kier alpha value is -0.830. The highest BCUT2D eigenvalue weighted by Gasteiger charge is 2.17. The lowest BCUT2D eigenvalue weighted by atomic mass is 10.3. The molecular formula is C7H11NO2. The van der Waals surface area contributed by atoms with Crippen LogP contribution in [-0.4, -0.2) is 35.1 Å². The zero-order chi connectivity index (χ0) is 7.56. The molecule has 1 atom stereocenters. The highest BCUT2D eigenvalue weighted by atomic mass is 16.3. The average molecular weight is 141 g/mol. The van der Waals surface area contributed by atoms with E-state index in [1.54, 1.807) is 4.90 Å². The van der Waals surface area contributed by atoms with Crippen LogP contribution in [0.2, 0.25) is 0 Å². The van der Waals surface area contributed by atoms with Crippen LogP contribution in [0.1, 0.15) is 6.92 Å². The van der Waals surface area contributed by atoms with Crippen molar-refractivity contribution in [3.63, 3.8) is 0 Å². The lowest BCUT2D eigenvalue weighted by Gasteiger charge is -2.16. The van der Waals surface area contributed by atoms with E-state index < -0.39 is 6.10 Å². The summed E-state index contributed by atoms with van der Waals surface area (Å²) in [6, 6.07) is 0. The van der Waals surface area contributed by atoms with Gasteiger partial charge in [0.1, 0.15) is 6.10 Å². The van der Waals surface area contributed by atoms with Gasteiger partial charge < -0.3 is 10.0 Å². The molecule has 1 heterocycles. The Bertz CT molecular complexity index is 155. The Labute approximate surface area is 59.9 Å². The van der Waals surface area contributed by atoms with Gasteiger partial charge in [-0.1, -0.05) is 12.2 Å². The number of nitrogens with zero attached hydrogens (tertiary/aromatic N) is 1. The third-order valence-corrected chi connectivity index (χ3v) is 1.49. The molecule has 0 saturated heterocycles. The maximum absolute atomic E-state index is 11.0. The summed E-state index contributed by atoms with van der Waals surface area (Å²) >= 11 is 0. The molecule has 0 saturated carbocycles. The predicted molar refractivity (Wildman–Crippen MR) is 37.4 cm³/mol. The third kappa shape index (κ3) is 1.36. The van der Waals surface area contributed by atoms with Gasteiger partial charge in [-0.15, -0.1) is 0 Å². The summed E-state index contributed by atoms with van der Waals surface area (Å²) in [5, 5.41) is 8.86. The number of amides is 1. The van der Waals surface area contributed by atoms with E-state index in [9.17, 15) is 4.79 Å². The number of rotatable bonds is 1. The Morgan fingerprint density at radius 3 is 2.50 bits per heavy atom. The normalized spacial score (nSPS) is 19.6. The first-order valence-electron chi connectivity index (χ1n) is 3.33. The molecule has 0 spiro atoms. The lowest BCUT2D eigenvalue weighted by Crippen LogP contribution is -2.35. The van der Waals surface area contributed by atoms with E-state index in [1.165, 1.54) is 6.92 Å². The second-order valence-electron chi connectivity index (χ2n) is 2.39. The van der Waals surface area contributed by atoms with Crippen molar-refractivity contribution in [3.8, 4) is 0 Å². The van der Waals surface area contributed by atoms with E-state index in [4.69, 9.17) is 5.11 Å². The second-order valence-corrected chi connectivity index (χ2v) is 2.39. The summed E-state index contributed by atoms with van der Waals surface area (Å²) in [6.07, 6.45) is 2.97. The maximum atomic E-state index is 11.0. The quantitative estimate of drug-likeness (QED) is 0.512. The molecule has 1 N–H and O–H groups in total. The van der Waals surface area contributed by atoms with Gasteiger partial charge in [-0.3, -0.25) is 4.79 Å². The first-order valence-corrected chi connectivity index (χ1v) is 3.33. The van der Waals surface area contributed by atoms with Crippen molar-refractivity contribution < 1.29 is 9.90 Å². The largest absolute Gasteiger partial charge is 0.384 e. The predicted octanol–water partition coefficient (Wildman–Crippen LogP) is -0.234. The van der Waals surface area contributed by atoms with Gasteiger partial charge in [0.15, 0.2) is 0 Å². The van der Waals surface area contributed by atoms with Crippen molar-refractivity contribution in [1.29, 1.82) is 0 Å². The van der Waals surface area contributed by atoms with Gasteiger partial charge in [0.2, 0.25) is 0 Å². The molecule has 0 aromatic carbocycles. The molecule has 56 valence electrons. The smallest absolute Gasteiger partial charge is 0.251 e. The molecule has 10 heavy (non-hydrogen) atoms. The molecule has 0 bridgehead atoms. The monoisotopic (exact) mass is 141 g/mol. The van der Waals surface area contributed by atoms with Crippen LogP contribution >= 0.6 is 0 Å². The highest BCUT2D eigenvalue weighted by Crippen LogP contribution is 2.01. The average Bonchev–Trinajstić information content (AvgIpc) is 2.36. The number of hydrogen-bond acceptors (Lipinski definition) is 2. The fraction of sp³-hybridized carbons (Fsp3) is 0.571. The first kappa shape index (κ1) is 7.28. The molecule has 3 heteroatoms. The molecule has 0 aromatic heterocycles. The van der Waals surface area contributed by atoms with Gasteiger partial charge >= 0.3 is 0 Å². The Morgan fingerprint density at radius 1 is 1.60 bits per heavy atom.